The number of hydrogen-bond donors (Lipinski definition) is 3. The molecular weight excluding hydrogens is 555 g/mol. The fourth-order valence-corrected chi connectivity index (χ4v) is 6.65. The SMILES string of the molecule is Cc1cc(Nc2cc(N3CCN(C(=O)CCC[Si](C)(C)O)CC3)nc(Sc3ccc(CC(=O)C4CC4)cc3)n2)n[nH]1. The smallest absolute Gasteiger partial charge is 0.222 e. The number of aromatic nitrogens is 4. The monoisotopic (exact) mass is 593 g/mol. The largest absolute Gasteiger partial charge is 0.432 e. The maximum Gasteiger partial charge on any atom is 0.222 e. The first-order valence-electron chi connectivity index (χ1n) is 14.3. The van der Waals surface area contributed by atoms with Crippen molar-refractivity contribution in [2.24, 2.45) is 5.92 Å². The van der Waals surface area contributed by atoms with Crippen LogP contribution in [0.15, 0.2) is 46.5 Å². The van der Waals surface area contributed by atoms with E-state index in [1.54, 1.807) is 0 Å². The molecule has 12 heteroatoms. The van der Waals surface area contributed by atoms with Gasteiger partial charge in [-0.05, 0) is 74.8 Å². The van der Waals surface area contributed by atoms with E-state index in [1.165, 1.54) is 11.8 Å². The van der Waals surface area contributed by atoms with E-state index in [1.807, 2.05) is 61.3 Å². The molecule has 0 unspecified atom stereocenters. The number of carbonyl (C=O) groups excluding carboxylic acids is 2. The highest BCUT2D eigenvalue weighted by Crippen LogP contribution is 2.32. The van der Waals surface area contributed by atoms with Gasteiger partial charge < -0.3 is 19.9 Å². The molecule has 1 aliphatic heterocycles. The third kappa shape index (κ3) is 8.63. The van der Waals surface area contributed by atoms with Crippen molar-refractivity contribution in [1.29, 1.82) is 0 Å². The van der Waals surface area contributed by atoms with Crippen LogP contribution in [-0.4, -0.2) is 76.0 Å². The average Bonchev–Trinajstić information content (AvgIpc) is 3.71. The summed E-state index contributed by atoms with van der Waals surface area (Å²) in [4.78, 5) is 49.7. The fraction of sp³-hybridized carbons (Fsp3) is 0.483. The van der Waals surface area contributed by atoms with Crippen LogP contribution in [0.1, 0.15) is 36.9 Å². The van der Waals surface area contributed by atoms with Crippen LogP contribution in [0, 0.1) is 12.8 Å². The standard InChI is InChI=1S/C29H39N7O3SSi/c1-20-17-26(34-33-20)30-25-19-27(35-12-14-36(15-13-35)28(38)5-4-16-41(2,3)39)32-29(31-25)40-23-10-6-21(7-11-23)18-24(37)22-8-9-22/h6-7,10-11,17,19,22,39H,4-5,8-9,12-16,18H2,1-3H3,(H2,30,31,32,33,34). The Morgan fingerprint density at radius 1 is 1.07 bits per heavy atom. The van der Waals surface area contributed by atoms with E-state index < -0.39 is 8.32 Å². The molecule has 218 valence electrons. The minimum Gasteiger partial charge on any atom is -0.432 e. The molecule has 0 bridgehead atoms. The number of ketones is 1. The van der Waals surface area contributed by atoms with Gasteiger partial charge >= 0.3 is 0 Å². The number of amides is 1. The van der Waals surface area contributed by atoms with Crippen molar-refractivity contribution < 1.29 is 14.4 Å². The van der Waals surface area contributed by atoms with Crippen LogP contribution in [0.5, 0.6) is 0 Å². The van der Waals surface area contributed by atoms with Gasteiger partial charge in [0, 0.05) is 67.7 Å². The molecule has 10 nitrogen and oxygen atoms in total. The van der Waals surface area contributed by atoms with E-state index in [2.05, 4.69) is 20.4 Å². The number of hydrogen-bond acceptors (Lipinski definition) is 9. The summed E-state index contributed by atoms with van der Waals surface area (Å²) in [5.74, 6) is 2.87. The lowest BCUT2D eigenvalue weighted by Gasteiger charge is -2.35. The number of piperazine rings is 1. The minimum atomic E-state index is -2.13. The molecule has 2 aliphatic rings. The van der Waals surface area contributed by atoms with Crippen LogP contribution in [0.4, 0.5) is 17.5 Å². The fourth-order valence-electron chi connectivity index (χ4n) is 4.84. The molecule has 2 fully saturated rings. The zero-order valence-electron chi connectivity index (χ0n) is 24.0. The lowest BCUT2D eigenvalue weighted by atomic mass is 10.1. The maximum atomic E-state index is 12.7. The van der Waals surface area contributed by atoms with Crippen molar-refractivity contribution in [3.8, 4) is 0 Å². The van der Waals surface area contributed by atoms with Crippen molar-refractivity contribution in [1.82, 2.24) is 25.1 Å². The van der Waals surface area contributed by atoms with Crippen LogP contribution in [0.3, 0.4) is 0 Å². The van der Waals surface area contributed by atoms with Gasteiger partial charge in [0.1, 0.15) is 17.4 Å². The number of aryl methyl sites for hydroxylation is 1. The summed E-state index contributed by atoms with van der Waals surface area (Å²) in [5, 5.41) is 11.1. The van der Waals surface area contributed by atoms with Crippen molar-refractivity contribution in [3.63, 3.8) is 0 Å². The number of benzene rings is 1. The first-order valence-corrected chi connectivity index (χ1v) is 18.3. The summed E-state index contributed by atoms with van der Waals surface area (Å²) in [6, 6.07) is 12.6. The Hall–Kier alpha value is -3.22. The predicted octanol–water partition coefficient (Wildman–Crippen LogP) is 4.55. The second kappa shape index (κ2) is 12.7. The zero-order chi connectivity index (χ0) is 29.0. The van der Waals surface area contributed by atoms with Gasteiger partial charge in [-0.25, -0.2) is 9.97 Å². The Morgan fingerprint density at radius 3 is 2.44 bits per heavy atom. The molecule has 1 saturated heterocycles. The van der Waals surface area contributed by atoms with E-state index in [9.17, 15) is 14.4 Å². The molecule has 3 aromatic rings. The molecule has 1 aliphatic carbocycles. The topological polar surface area (TPSA) is 127 Å². The average molecular weight is 594 g/mol. The number of nitrogens with zero attached hydrogens (tertiary/aromatic N) is 5. The number of Topliss-reactive ketones (excluding diaryl/α,β-unsaturated/α-hetero) is 1. The highest BCUT2D eigenvalue weighted by Gasteiger charge is 2.29. The van der Waals surface area contributed by atoms with Gasteiger partial charge in [0.25, 0.3) is 0 Å². The molecule has 3 heterocycles. The van der Waals surface area contributed by atoms with Crippen molar-refractivity contribution in [3.05, 3.63) is 47.7 Å². The molecular formula is C29H39N7O3SSi. The van der Waals surface area contributed by atoms with Crippen molar-refractivity contribution in [2.45, 2.75) is 68.2 Å². The third-order valence-corrected chi connectivity index (χ3v) is 9.78. The molecule has 0 radical (unpaired) electrons. The van der Waals surface area contributed by atoms with Crippen LogP contribution in [-0.2, 0) is 16.0 Å². The molecule has 0 spiro atoms. The van der Waals surface area contributed by atoms with Gasteiger partial charge in [0.15, 0.2) is 19.3 Å². The molecule has 3 N–H and O–H groups in total. The highest BCUT2D eigenvalue weighted by atomic mass is 32.2. The molecule has 2 aromatic heterocycles. The summed E-state index contributed by atoms with van der Waals surface area (Å²) in [5.41, 5.74) is 1.98. The van der Waals surface area contributed by atoms with Crippen molar-refractivity contribution in [2.75, 3.05) is 36.4 Å². The van der Waals surface area contributed by atoms with E-state index in [4.69, 9.17) is 9.97 Å². The number of carbonyl (C=O) groups is 2. The Balaban J connectivity index is 1.26. The van der Waals surface area contributed by atoms with E-state index in [0.717, 1.165) is 47.3 Å². The van der Waals surface area contributed by atoms with Crippen LogP contribution in [0.25, 0.3) is 0 Å². The van der Waals surface area contributed by atoms with E-state index in [-0.39, 0.29) is 11.8 Å². The Labute approximate surface area is 246 Å². The first-order chi connectivity index (χ1) is 19.6. The first kappa shape index (κ1) is 29.3. The molecule has 0 atom stereocenters. The summed E-state index contributed by atoms with van der Waals surface area (Å²) >= 11 is 1.47. The Morgan fingerprint density at radius 2 is 1.80 bits per heavy atom. The summed E-state index contributed by atoms with van der Waals surface area (Å²) in [6.45, 7) is 8.39. The molecule has 5 rings (SSSR count). The summed E-state index contributed by atoms with van der Waals surface area (Å²) < 4.78 is 0. The molecule has 1 aromatic carbocycles. The highest BCUT2D eigenvalue weighted by molar-refractivity contribution is 7.99. The minimum absolute atomic E-state index is 0.153. The Bertz CT molecular complexity index is 1360. The predicted molar refractivity (Wildman–Crippen MR) is 163 cm³/mol. The normalized spacial score (nSPS) is 15.7. The van der Waals surface area contributed by atoms with Gasteiger partial charge in [0.2, 0.25) is 5.91 Å². The lowest BCUT2D eigenvalue weighted by molar-refractivity contribution is -0.131. The summed E-state index contributed by atoms with van der Waals surface area (Å²) in [6.07, 6.45) is 3.78. The van der Waals surface area contributed by atoms with Crippen LogP contribution < -0.4 is 10.2 Å². The number of rotatable bonds is 12. The Kier molecular flexibility index (Phi) is 9.10. The number of H-pyrrole nitrogens is 1. The van der Waals surface area contributed by atoms with Crippen LogP contribution in [0.2, 0.25) is 19.1 Å². The van der Waals surface area contributed by atoms with Gasteiger partial charge in [-0.1, -0.05) is 12.1 Å². The molecule has 41 heavy (non-hydrogen) atoms. The molecule has 1 amide bonds. The maximum absolute atomic E-state index is 12.7. The second-order valence-corrected chi connectivity index (χ2v) is 16.8. The number of anilines is 3. The lowest BCUT2D eigenvalue weighted by Crippen LogP contribution is -2.49. The van der Waals surface area contributed by atoms with Gasteiger partial charge in [0.05, 0.1) is 0 Å². The van der Waals surface area contributed by atoms with Gasteiger partial charge in [-0.3, -0.25) is 14.7 Å². The number of nitrogens with one attached hydrogen (secondary N) is 2. The van der Waals surface area contributed by atoms with Gasteiger partial charge in [-0.2, -0.15) is 5.10 Å². The second-order valence-electron chi connectivity index (χ2n) is 11.7. The number of aromatic amines is 1. The van der Waals surface area contributed by atoms with Crippen LogP contribution >= 0.6 is 11.8 Å². The van der Waals surface area contributed by atoms with E-state index >= 15 is 0 Å². The van der Waals surface area contributed by atoms with E-state index in [0.29, 0.717) is 61.6 Å². The quantitative estimate of drug-likeness (QED) is 0.205. The third-order valence-electron chi connectivity index (χ3n) is 7.33. The summed E-state index contributed by atoms with van der Waals surface area (Å²) in [7, 11) is -2.13. The van der Waals surface area contributed by atoms with Gasteiger partial charge in [-0.15, -0.1) is 0 Å². The molecule has 1 saturated carbocycles. The van der Waals surface area contributed by atoms with Crippen molar-refractivity contribution >= 4 is 49.2 Å². The zero-order valence-corrected chi connectivity index (χ0v) is 25.8.